The molecule has 28 heavy (non-hydrogen) atoms. The highest BCUT2D eigenvalue weighted by Crippen LogP contribution is 2.11. The molecule has 0 saturated carbocycles. The molecule has 2 amide bonds. The molecule has 0 saturated heterocycles. The van der Waals surface area contributed by atoms with Gasteiger partial charge in [0, 0.05) is 13.5 Å². The number of nitrogens with zero attached hydrogens (tertiary/aromatic N) is 1. The molecule has 0 aliphatic rings. The molecule has 0 aliphatic carbocycles. The number of esters is 1. The fourth-order valence-corrected chi connectivity index (χ4v) is 2.59. The summed E-state index contributed by atoms with van der Waals surface area (Å²) in [5, 5.41) is 2.68. The molecule has 1 aromatic carbocycles. The first-order chi connectivity index (χ1) is 13.1. The lowest BCUT2D eigenvalue weighted by Crippen LogP contribution is -2.50. The zero-order chi connectivity index (χ0) is 21.2. The van der Waals surface area contributed by atoms with E-state index in [1.165, 1.54) is 6.92 Å². The molecule has 0 heterocycles. The standard InChI is InChI=1S/C21H32N2O5/c1-6-10-18(22-20(26)28-21(3,4)5)19(25)23(13-14-27-16(2)24)15-17-11-8-7-9-12-17/h7-9,11-12,18H,6,10,13-15H2,1-5H3,(H,22,26). The van der Waals surface area contributed by atoms with E-state index in [9.17, 15) is 14.4 Å². The minimum Gasteiger partial charge on any atom is -0.464 e. The predicted molar refractivity (Wildman–Crippen MR) is 107 cm³/mol. The Hall–Kier alpha value is -2.57. The number of hydrogen-bond acceptors (Lipinski definition) is 5. The molecule has 0 bridgehead atoms. The molecular weight excluding hydrogens is 360 g/mol. The van der Waals surface area contributed by atoms with Crippen LogP contribution in [0.5, 0.6) is 0 Å². The predicted octanol–water partition coefficient (Wildman–Crippen LogP) is 3.27. The van der Waals surface area contributed by atoms with E-state index in [0.717, 1.165) is 12.0 Å². The average molecular weight is 392 g/mol. The number of benzene rings is 1. The summed E-state index contributed by atoms with van der Waals surface area (Å²) in [5.41, 5.74) is 0.300. The molecular formula is C21H32N2O5. The molecule has 1 atom stereocenters. The molecule has 0 aliphatic heterocycles. The molecule has 1 unspecified atom stereocenters. The van der Waals surface area contributed by atoms with Crippen molar-refractivity contribution in [1.82, 2.24) is 10.2 Å². The van der Waals surface area contributed by atoms with E-state index < -0.39 is 23.7 Å². The molecule has 0 fully saturated rings. The maximum atomic E-state index is 13.1. The Bertz CT molecular complexity index is 640. The molecule has 7 nitrogen and oxygen atoms in total. The van der Waals surface area contributed by atoms with E-state index in [1.54, 1.807) is 25.7 Å². The molecule has 0 spiro atoms. The van der Waals surface area contributed by atoms with E-state index in [1.807, 2.05) is 37.3 Å². The van der Waals surface area contributed by atoms with Gasteiger partial charge in [0.05, 0.1) is 6.54 Å². The number of carbonyl (C=O) groups excluding carboxylic acids is 3. The highest BCUT2D eigenvalue weighted by molar-refractivity contribution is 5.85. The van der Waals surface area contributed by atoms with Crippen LogP contribution in [0, 0.1) is 0 Å². The first kappa shape index (κ1) is 23.5. The summed E-state index contributed by atoms with van der Waals surface area (Å²) < 4.78 is 10.3. The normalized spacial score (nSPS) is 12.0. The highest BCUT2D eigenvalue weighted by Gasteiger charge is 2.27. The molecule has 7 heteroatoms. The Kier molecular flexibility index (Phi) is 9.48. The number of ether oxygens (including phenoxy) is 2. The van der Waals surface area contributed by atoms with Crippen molar-refractivity contribution < 1.29 is 23.9 Å². The van der Waals surface area contributed by atoms with Gasteiger partial charge in [-0.25, -0.2) is 4.79 Å². The van der Waals surface area contributed by atoms with Crippen LogP contribution >= 0.6 is 0 Å². The molecule has 1 aromatic rings. The summed E-state index contributed by atoms with van der Waals surface area (Å²) >= 11 is 0. The van der Waals surface area contributed by atoms with Gasteiger partial charge in [-0.1, -0.05) is 43.7 Å². The quantitative estimate of drug-likeness (QED) is 0.652. The number of hydrogen-bond donors (Lipinski definition) is 1. The van der Waals surface area contributed by atoms with E-state index in [4.69, 9.17) is 9.47 Å². The number of amides is 2. The van der Waals surface area contributed by atoms with Gasteiger partial charge in [-0.3, -0.25) is 9.59 Å². The van der Waals surface area contributed by atoms with Crippen molar-refractivity contribution >= 4 is 18.0 Å². The van der Waals surface area contributed by atoms with E-state index >= 15 is 0 Å². The zero-order valence-electron chi connectivity index (χ0n) is 17.5. The minimum atomic E-state index is -0.708. The Balaban J connectivity index is 2.90. The third-order valence-electron chi connectivity index (χ3n) is 3.76. The van der Waals surface area contributed by atoms with Gasteiger partial charge >= 0.3 is 12.1 Å². The largest absolute Gasteiger partial charge is 0.464 e. The number of nitrogens with one attached hydrogen (secondary N) is 1. The number of alkyl carbamates (subject to hydrolysis) is 1. The fraction of sp³-hybridized carbons (Fsp3) is 0.571. The second-order valence-electron chi connectivity index (χ2n) is 7.57. The smallest absolute Gasteiger partial charge is 0.408 e. The third-order valence-corrected chi connectivity index (χ3v) is 3.76. The van der Waals surface area contributed by atoms with Crippen molar-refractivity contribution in [3.05, 3.63) is 35.9 Å². The van der Waals surface area contributed by atoms with Crippen LogP contribution in [0.25, 0.3) is 0 Å². The van der Waals surface area contributed by atoms with Gasteiger partial charge in [-0.2, -0.15) is 0 Å². The summed E-state index contributed by atoms with van der Waals surface area (Å²) in [6, 6.07) is 8.82. The Labute approximate surface area is 167 Å². The SMILES string of the molecule is CCCC(NC(=O)OC(C)(C)C)C(=O)N(CCOC(C)=O)Cc1ccccc1. The molecule has 1 rings (SSSR count). The number of carbonyl (C=O) groups is 3. The van der Waals surface area contributed by atoms with Gasteiger partial charge < -0.3 is 19.7 Å². The van der Waals surface area contributed by atoms with E-state index in [2.05, 4.69) is 5.32 Å². The Morgan fingerprint density at radius 3 is 2.32 bits per heavy atom. The summed E-state index contributed by atoms with van der Waals surface area (Å²) in [6.45, 7) is 9.27. The van der Waals surface area contributed by atoms with Crippen molar-refractivity contribution in [3.63, 3.8) is 0 Å². The summed E-state index contributed by atoms with van der Waals surface area (Å²) in [7, 11) is 0. The molecule has 1 N–H and O–H groups in total. The van der Waals surface area contributed by atoms with E-state index in [0.29, 0.717) is 13.0 Å². The maximum Gasteiger partial charge on any atom is 0.408 e. The number of rotatable bonds is 9. The summed E-state index contributed by atoms with van der Waals surface area (Å²) in [6.07, 6.45) is 0.575. The first-order valence-corrected chi connectivity index (χ1v) is 9.58. The van der Waals surface area contributed by atoms with Crippen LogP contribution in [0.4, 0.5) is 4.79 Å². The van der Waals surface area contributed by atoms with Gasteiger partial charge in [0.25, 0.3) is 0 Å². The summed E-state index contributed by atoms with van der Waals surface area (Å²) in [4.78, 5) is 38.0. The second kappa shape index (κ2) is 11.3. The van der Waals surface area contributed by atoms with Crippen LogP contribution in [0.3, 0.4) is 0 Å². The molecule has 0 radical (unpaired) electrons. The van der Waals surface area contributed by atoms with Gasteiger partial charge in [-0.05, 0) is 32.8 Å². The Morgan fingerprint density at radius 2 is 1.79 bits per heavy atom. The topological polar surface area (TPSA) is 84.9 Å². The lowest BCUT2D eigenvalue weighted by Gasteiger charge is -2.29. The molecule has 0 aromatic heterocycles. The van der Waals surface area contributed by atoms with Crippen molar-refractivity contribution in [3.8, 4) is 0 Å². The summed E-state index contributed by atoms with van der Waals surface area (Å²) in [5.74, 6) is -0.632. The lowest BCUT2D eigenvalue weighted by molar-refractivity contribution is -0.144. The van der Waals surface area contributed by atoms with E-state index in [-0.39, 0.29) is 19.1 Å². The van der Waals surface area contributed by atoms with Gasteiger partial charge in [-0.15, -0.1) is 0 Å². The van der Waals surface area contributed by atoms with Gasteiger partial charge in [0.1, 0.15) is 18.2 Å². The van der Waals surface area contributed by atoms with Crippen LogP contribution in [-0.2, 0) is 25.6 Å². The lowest BCUT2D eigenvalue weighted by atomic mass is 10.1. The monoisotopic (exact) mass is 392 g/mol. The van der Waals surface area contributed by atoms with Crippen LogP contribution in [0.1, 0.15) is 53.0 Å². The van der Waals surface area contributed by atoms with Crippen LogP contribution in [0.15, 0.2) is 30.3 Å². The van der Waals surface area contributed by atoms with Gasteiger partial charge in [0.15, 0.2) is 0 Å². The Morgan fingerprint density at radius 1 is 1.14 bits per heavy atom. The van der Waals surface area contributed by atoms with Crippen molar-refractivity contribution in [2.24, 2.45) is 0 Å². The molecule has 156 valence electrons. The van der Waals surface area contributed by atoms with Crippen LogP contribution in [-0.4, -0.2) is 47.7 Å². The zero-order valence-corrected chi connectivity index (χ0v) is 17.5. The average Bonchev–Trinajstić information content (AvgIpc) is 2.59. The van der Waals surface area contributed by atoms with Crippen LogP contribution in [0.2, 0.25) is 0 Å². The van der Waals surface area contributed by atoms with Crippen molar-refractivity contribution in [1.29, 1.82) is 0 Å². The van der Waals surface area contributed by atoms with Crippen molar-refractivity contribution in [2.75, 3.05) is 13.2 Å². The third kappa shape index (κ3) is 9.39. The van der Waals surface area contributed by atoms with Crippen LogP contribution < -0.4 is 5.32 Å². The second-order valence-corrected chi connectivity index (χ2v) is 7.57. The highest BCUT2D eigenvalue weighted by atomic mass is 16.6. The maximum absolute atomic E-state index is 13.1. The minimum absolute atomic E-state index is 0.0964. The first-order valence-electron chi connectivity index (χ1n) is 9.58. The van der Waals surface area contributed by atoms with Gasteiger partial charge in [0.2, 0.25) is 5.91 Å². The fourth-order valence-electron chi connectivity index (χ4n) is 2.59. The van der Waals surface area contributed by atoms with Crippen molar-refractivity contribution in [2.45, 2.75) is 65.6 Å².